The van der Waals surface area contributed by atoms with Crippen molar-refractivity contribution in [1.29, 1.82) is 0 Å². The van der Waals surface area contributed by atoms with E-state index in [1.54, 1.807) is 30.3 Å². The minimum Gasteiger partial charge on any atom is -0.496 e. The third-order valence-corrected chi connectivity index (χ3v) is 2.87. The normalized spacial score (nSPS) is 9.95. The van der Waals surface area contributed by atoms with Crippen molar-refractivity contribution >= 4 is 23.2 Å². The van der Waals surface area contributed by atoms with Gasteiger partial charge in [0.25, 0.3) is 5.91 Å². The Balaban J connectivity index is 2.28. The summed E-state index contributed by atoms with van der Waals surface area (Å²) in [5.74, 6) is -0.541. The highest BCUT2D eigenvalue weighted by atomic mass is 16.5. The molecule has 0 bridgehead atoms. The van der Waals surface area contributed by atoms with Crippen LogP contribution in [0.3, 0.4) is 0 Å². The number of ether oxygens (including phenoxy) is 1. The average molecular weight is 285 g/mol. The predicted octanol–water partition coefficient (Wildman–Crippen LogP) is 1.63. The van der Waals surface area contributed by atoms with Crippen molar-refractivity contribution in [2.24, 2.45) is 5.73 Å². The molecule has 21 heavy (non-hydrogen) atoms. The molecule has 2 amide bonds. The molecule has 2 rings (SSSR count). The van der Waals surface area contributed by atoms with Gasteiger partial charge in [0.2, 0.25) is 5.91 Å². The van der Waals surface area contributed by atoms with Gasteiger partial charge < -0.3 is 21.5 Å². The number of hydrogen-bond acceptors (Lipinski definition) is 4. The van der Waals surface area contributed by atoms with Crippen LogP contribution in [0, 0.1) is 0 Å². The number of carbonyl (C=O) groups excluding carboxylic acids is 2. The van der Waals surface area contributed by atoms with Gasteiger partial charge in [-0.1, -0.05) is 6.07 Å². The summed E-state index contributed by atoms with van der Waals surface area (Å²) in [4.78, 5) is 23.4. The van der Waals surface area contributed by atoms with Gasteiger partial charge in [0, 0.05) is 16.9 Å². The number of primary amides is 1. The number of hydrogen-bond donors (Lipinski definition) is 3. The van der Waals surface area contributed by atoms with Crippen molar-refractivity contribution in [1.82, 2.24) is 0 Å². The standard InChI is InChI=1S/C15H15N3O3/c1-21-13-6-5-10(16)8-12(13)15(20)18-11-4-2-3-9(7-11)14(17)19/h2-8H,16H2,1H3,(H2,17,19)(H,18,20). The Bertz CT molecular complexity index is 698. The zero-order valence-corrected chi connectivity index (χ0v) is 11.4. The monoisotopic (exact) mass is 285 g/mol. The SMILES string of the molecule is COc1ccc(N)cc1C(=O)Nc1cccc(C(N)=O)c1. The molecule has 0 saturated heterocycles. The Morgan fingerprint density at radius 2 is 1.90 bits per heavy atom. The molecule has 0 radical (unpaired) electrons. The molecule has 0 unspecified atom stereocenters. The first-order valence-electron chi connectivity index (χ1n) is 6.16. The van der Waals surface area contributed by atoms with E-state index >= 15 is 0 Å². The molecule has 2 aromatic rings. The number of methoxy groups -OCH3 is 1. The fourth-order valence-corrected chi connectivity index (χ4v) is 1.85. The maximum atomic E-state index is 12.3. The van der Waals surface area contributed by atoms with Crippen LogP contribution in [-0.2, 0) is 0 Å². The minimum absolute atomic E-state index is 0.307. The molecule has 6 heteroatoms. The number of amides is 2. The van der Waals surface area contributed by atoms with E-state index in [1.165, 1.54) is 19.2 Å². The maximum absolute atomic E-state index is 12.3. The highest BCUT2D eigenvalue weighted by Crippen LogP contribution is 2.22. The van der Waals surface area contributed by atoms with Gasteiger partial charge in [-0.25, -0.2) is 0 Å². The lowest BCUT2D eigenvalue weighted by molar-refractivity contribution is 0.0995. The van der Waals surface area contributed by atoms with Gasteiger partial charge in [0.15, 0.2) is 0 Å². The zero-order chi connectivity index (χ0) is 15.4. The molecule has 2 aromatic carbocycles. The van der Waals surface area contributed by atoms with Gasteiger partial charge in [-0.2, -0.15) is 0 Å². The van der Waals surface area contributed by atoms with Gasteiger partial charge in [-0.15, -0.1) is 0 Å². The molecular weight excluding hydrogens is 270 g/mol. The van der Waals surface area contributed by atoms with Crippen molar-refractivity contribution < 1.29 is 14.3 Å². The van der Waals surface area contributed by atoms with E-state index < -0.39 is 5.91 Å². The van der Waals surface area contributed by atoms with Crippen LogP contribution in [0.4, 0.5) is 11.4 Å². The summed E-state index contributed by atoms with van der Waals surface area (Å²) in [6, 6.07) is 11.1. The van der Waals surface area contributed by atoms with Gasteiger partial charge in [0.1, 0.15) is 5.75 Å². The van der Waals surface area contributed by atoms with E-state index in [9.17, 15) is 9.59 Å². The first kappa shape index (κ1) is 14.4. The Labute approximate surface area is 121 Å². The Kier molecular flexibility index (Phi) is 4.08. The van der Waals surface area contributed by atoms with Crippen LogP contribution in [-0.4, -0.2) is 18.9 Å². The number of carbonyl (C=O) groups is 2. The number of nitrogens with one attached hydrogen (secondary N) is 1. The molecular formula is C15H15N3O3. The largest absolute Gasteiger partial charge is 0.496 e. The lowest BCUT2D eigenvalue weighted by Gasteiger charge is -2.10. The second-order valence-electron chi connectivity index (χ2n) is 4.36. The second-order valence-corrected chi connectivity index (χ2v) is 4.36. The highest BCUT2D eigenvalue weighted by molar-refractivity contribution is 6.07. The molecule has 5 N–H and O–H groups in total. The van der Waals surface area contributed by atoms with Gasteiger partial charge >= 0.3 is 0 Å². The third-order valence-electron chi connectivity index (χ3n) is 2.87. The van der Waals surface area contributed by atoms with Crippen LogP contribution in [0.1, 0.15) is 20.7 Å². The molecule has 0 fully saturated rings. The first-order chi connectivity index (χ1) is 10.0. The summed E-state index contributed by atoms with van der Waals surface area (Å²) in [7, 11) is 1.47. The topological polar surface area (TPSA) is 107 Å². The van der Waals surface area contributed by atoms with Gasteiger partial charge in [0.05, 0.1) is 12.7 Å². The number of nitrogen functional groups attached to an aromatic ring is 1. The summed E-state index contributed by atoms with van der Waals surface area (Å²) in [5, 5.41) is 2.67. The lowest BCUT2D eigenvalue weighted by atomic mass is 10.1. The van der Waals surface area contributed by atoms with E-state index in [0.717, 1.165) is 0 Å². The smallest absolute Gasteiger partial charge is 0.259 e. The molecule has 0 atom stereocenters. The van der Waals surface area contributed by atoms with Crippen LogP contribution < -0.4 is 21.5 Å². The summed E-state index contributed by atoms with van der Waals surface area (Å²) in [5.41, 5.74) is 12.4. The molecule has 108 valence electrons. The Hall–Kier alpha value is -3.02. The van der Waals surface area contributed by atoms with Crippen LogP contribution >= 0.6 is 0 Å². The van der Waals surface area contributed by atoms with Gasteiger partial charge in [-0.3, -0.25) is 9.59 Å². The van der Waals surface area contributed by atoms with Crippen molar-refractivity contribution in [3.05, 3.63) is 53.6 Å². The van der Waals surface area contributed by atoms with Crippen molar-refractivity contribution in [3.63, 3.8) is 0 Å². The summed E-state index contributed by atoms with van der Waals surface area (Å²) < 4.78 is 5.13. The molecule has 0 spiro atoms. The zero-order valence-electron chi connectivity index (χ0n) is 11.4. The molecule has 0 aromatic heterocycles. The third kappa shape index (κ3) is 3.30. The molecule has 0 aliphatic rings. The summed E-state index contributed by atoms with van der Waals surface area (Å²) in [6.07, 6.45) is 0. The fourth-order valence-electron chi connectivity index (χ4n) is 1.85. The van der Waals surface area contributed by atoms with E-state index in [4.69, 9.17) is 16.2 Å². The molecule has 0 aliphatic heterocycles. The maximum Gasteiger partial charge on any atom is 0.259 e. The molecule has 0 aliphatic carbocycles. The average Bonchev–Trinajstić information content (AvgIpc) is 2.47. The number of nitrogens with two attached hydrogens (primary N) is 2. The summed E-state index contributed by atoms with van der Waals surface area (Å²) in [6.45, 7) is 0. The van der Waals surface area contributed by atoms with Crippen LogP contribution in [0.5, 0.6) is 5.75 Å². The van der Waals surface area contributed by atoms with Crippen molar-refractivity contribution in [2.75, 3.05) is 18.2 Å². The number of rotatable bonds is 4. The first-order valence-corrected chi connectivity index (χ1v) is 6.16. The minimum atomic E-state index is -0.562. The molecule has 0 heterocycles. The Morgan fingerprint density at radius 1 is 1.14 bits per heavy atom. The van der Waals surface area contributed by atoms with Crippen LogP contribution in [0.15, 0.2) is 42.5 Å². The van der Waals surface area contributed by atoms with Crippen LogP contribution in [0.2, 0.25) is 0 Å². The van der Waals surface area contributed by atoms with E-state index in [2.05, 4.69) is 5.32 Å². The van der Waals surface area contributed by atoms with Gasteiger partial charge in [-0.05, 0) is 36.4 Å². The van der Waals surface area contributed by atoms with E-state index in [-0.39, 0.29) is 5.91 Å². The number of anilines is 2. The number of benzene rings is 2. The predicted molar refractivity (Wildman–Crippen MR) is 80.3 cm³/mol. The van der Waals surface area contributed by atoms with Crippen LogP contribution in [0.25, 0.3) is 0 Å². The second kappa shape index (κ2) is 5.96. The highest BCUT2D eigenvalue weighted by Gasteiger charge is 2.13. The van der Waals surface area contributed by atoms with Crippen molar-refractivity contribution in [2.45, 2.75) is 0 Å². The quantitative estimate of drug-likeness (QED) is 0.742. The molecule has 0 saturated carbocycles. The van der Waals surface area contributed by atoms with E-state index in [1.807, 2.05) is 0 Å². The fraction of sp³-hybridized carbons (Fsp3) is 0.0667. The Morgan fingerprint density at radius 3 is 2.57 bits per heavy atom. The van der Waals surface area contributed by atoms with Crippen molar-refractivity contribution in [3.8, 4) is 5.75 Å². The molecule has 6 nitrogen and oxygen atoms in total. The van der Waals surface area contributed by atoms with E-state index in [0.29, 0.717) is 28.3 Å². The lowest BCUT2D eigenvalue weighted by Crippen LogP contribution is -2.15. The summed E-state index contributed by atoms with van der Waals surface area (Å²) >= 11 is 0.